The number of aliphatic hydroxyl groups is 2. The van der Waals surface area contributed by atoms with Gasteiger partial charge in [-0.1, -0.05) is 0 Å². The zero-order chi connectivity index (χ0) is 21.7. The number of phosphoric ester groups is 1. The van der Waals surface area contributed by atoms with Crippen LogP contribution in [-0.4, -0.2) is 69.3 Å². The SMILES string of the molecule is [2H]c1nc(N)c2nc([2H])n([C@@H]3O[C@H](COP(=O)(O)OP(=O)(O)O)[C@@H](O)[C@H]3O)c2n1. The van der Waals surface area contributed by atoms with Crippen LogP contribution in [0.5, 0.6) is 0 Å². The third-order valence-electron chi connectivity index (χ3n) is 3.48. The highest BCUT2D eigenvalue weighted by Crippen LogP contribution is 2.57. The van der Waals surface area contributed by atoms with Crippen LogP contribution in [0.3, 0.4) is 0 Å². The highest BCUT2D eigenvalue weighted by Gasteiger charge is 2.46. The second-order valence-electron chi connectivity index (χ2n) is 5.35. The molecule has 1 fully saturated rings. The summed E-state index contributed by atoms with van der Waals surface area (Å²) < 4.78 is 51.9. The van der Waals surface area contributed by atoms with Gasteiger partial charge in [0.1, 0.15) is 32.9 Å². The van der Waals surface area contributed by atoms with Crippen LogP contribution in [-0.2, 0) is 22.7 Å². The van der Waals surface area contributed by atoms with E-state index in [1.165, 1.54) is 0 Å². The second-order valence-corrected chi connectivity index (χ2v) is 8.18. The number of nitrogens with two attached hydrogens (primary N) is 1. The molecule has 0 spiro atoms. The molecule has 0 amide bonds. The largest absolute Gasteiger partial charge is 0.481 e. The van der Waals surface area contributed by atoms with Gasteiger partial charge in [-0.25, -0.2) is 24.1 Å². The Labute approximate surface area is 153 Å². The number of aliphatic hydroxyl groups excluding tert-OH is 2. The van der Waals surface area contributed by atoms with Crippen molar-refractivity contribution < 1.29 is 50.3 Å². The van der Waals surface area contributed by atoms with Gasteiger partial charge in [-0.2, -0.15) is 4.31 Å². The third kappa shape index (κ3) is 4.33. The molecule has 27 heavy (non-hydrogen) atoms. The third-order valence-corrected chi connectivity index (χ3v) is 5.63. The Bertz CT molecular complexity index is 1030. The van der Waals surface area contributed by atoms with E-state index in [0.29, 0.717) is 0 Å². The Balaban J connectivity index is 1.84. The van der Waals surface area contributed by atoms with Crippen LogP contribution in [0.25, 0.3) is 11.2 Å². The maximum absolute atomic E-state index is 11.5. The second kappa shape index (κ2) is 7.14. The number of hydrogen-bond acceptors (Lipinski definition) is 11. The molecule has 0 saturated carbocycles. The van der Waals surface area contributed by atoms with Crippen molar-refractivity contribution in [3.05, 3.63) is 12.6 Å². The summed E-state index contributed by atoms with van der Waals surface area (Å²) in [7, 11) is -10.6. The molecule has 0 bridgehead atoms. The lowest BCUT2D eigenvalue weighted by Gasteiger charge is -2.17. The fourth-order valence-electron chi connectivity index (χ4n) is 2.36. The number of fused-ring (bicyclic) bond motifs is 1. The lowest BCUT2D eigenvalue weighted by molar-refractivity contribution is -0.0503. The van der Waals surface area contributed by atoms with E-state index in [4.69, 9.17) is 23.0 Å². The molecule has 2 aromatic heterocycles. The fraction of sp³-hybridized carbons (Fsp3) is 0.500. The lowest BCUT2D eigenvalue weighted by atomic mass is 10.1. The minimum atomic E-state index is -5.34. The van der Waals surface area contributed by atoms with Crippen molar-refractivity contribution >= 4 is 32.6 Å². The Hall–Kier alpha value is -1.51. The lowest BCUT2D eigenvalue weighted by Crippen LogP contribution is -2.33. The summed E-state index contributed by atoms with van der Waals surface area (Å²) in [6.07, 6.45) is -7.35. The fourth-order valence-corrected chi connectivity index (χ4v) is 3.96. The van der Waals surface area contributed by atoms with Crippen molar-refractivity contribution in [3.8, 4) is 0 Å². The molecule has 0 aromatic carbocycles. The number of rotatable bonds is 6. The molecule has 7 N–H and O–H groups in total. The van der Waals surface area contributed by atoms with Gasteiger partial charge in [0.2, 0.25) is 0 Å². The van der Waals surface area contributed by atoms with Gasteiger partial charge in [0.15, 0.2) is 17.7 Å². The van der Waals surface area contributed by atoms with Gasteiger partial charge in [0.05, 0.1) is 12.9 Å². The number of anilines is 1. The average Bonchev–Trinajstić information content (AvgIpc) is 3.01. The average molecular weight is 429 g/mol. The summed E-state index contributed by atoms with van der Waals surface area (Å²) in [5, 5.41) is 20.4. The van der Waals surface area contributed by atoms with Gasteiger partial charge < -0.3 is 35.4 Å². The number of nitrogen functional groups attached to an aromatic ring is 1. The smallest absolute Gasteiger partial charge is 0.387 e. The van der Waals surface area contributed by atoms with E-state index in [9.17, 15) is 24.2 Å². The maximum Gasteiger partial charge on any atom is 0.481 e. The van der Waals surface area contributed by atoms with Gasteiger partial charge in [-0.05, 0) is 0 Å². The highest BCUT2D eigenvalue weighted by molar-refractivity contribution is 7.60. The first kappa shape index (κ1) is 17.6. The molecule has 2 aromatic rings. The Morgan fingerprint density at radius 2 is 1.96 bits per heavy atom. The van der Waals surface area contributed by atoms with Gasteiger partial charge in [-0.3, -0.25) is 9.09 Å². The zero-order valence-electron chi connectivity index (χ0n) is 15.1. The molecule has 150 valence electrons. The van der Waals surface area contributed by atoms with E-state index in [-0.39, 0.29) is 17.0 Å². The molecule has 1 saturated heterocycles. The van der Waals surface area contributed by atoms with Crippen molar-refractivity contribution in [1.82, 2.24) is 19.5 Å². The van der Waals surface area contributed by atoms with E-state index in [2.05, 4.69) is 23.8 Å². The Kier molecular flexibility index (Phi) is 4.65. The van der Waals surface area contributed by atoms with E-state index in [0.717, 1.165) is 4.57 Å². The molecule has 1 aliphatic rings. The zero-order valence-corrected chi connectivity index (χ0v) is 14.8. The van der Waals surface area contributed by atoms with Crippen molar-refractivity contribution in [3.63, 3.8) is 0 Å². The molecule has 0 aliphatic carbocycles. The summed E-state index contributed by atoms with van der Waals surface area (Å²) in [4.78, 5) is 37.6. The monoisotopic (exact) mass is 429 g/mol. The molecular formula is C10H15N5O10P2. The van der Waals surface area contributed by atoms with Crippen LogP contribution < -0.4 is 5.73 Å². The van der Waals surface area contributed by atoms with Gasteiger partial charge in [0.25, 0.3) is 0 Å². The quantitative estimate of drug-likeness (QED) is 0.280. The first-order valence-corrected chi connectivity index (χ1v) is 10.1. The normalized spacial score (nSPS) is 29.5. The minimum absolute atomic E-state index is 0.0501. The predicted octanol–water partition coefficient (Wildman–Crippen LogP) is -1.75. The summed E-state index contributed by atoms with van der Waals surface area (Å²) >= 11 is 0. The molecule has 3 heterocycles. The van der Waals surface area contributed by atoms with Crippen molar-refractivity contribution in [1.29, 1.82) is 0 Å². The summed E-state index contributed by atoms with van der Waals surface area (Å²) in [5.41, 5.74) is 5.45. The highest BCUT2D eigenvalue weighted by atomic mass is 31.3. The van der Waals surface area contributed by atoms with Crippen molar-refractivity contribution in [2.24, 2.45) is 0 Å². The van der Waals surface area contributed by atoms with E-state index in [1.807, 2.05) is 0 Å². The minimum Gasteiger partial charge on any atom is -0.387 e. The number of aromatic nitrogens is 4. The molecule has 1 unspecified atom stereocenters. The molecule has 1 aliphatic heterocycles. The molecule has 3 rings (SSSR count). The first-order valence-electron chi connectivity index (χ1n) is 8.03. The van der Waals surface area contributed by atoms with Crippen LogP contribution in [0.2, 0.25) is 0 Å². The summed E-state index contributed by atoms with van der Waals surface area (Å²) in [6.45, 7) is -0.913. The van der Waals surface area contributed by atoms with Crippen LogP contribution >= 0.6 is 15.6 Å². The van der Waals surface area contributed by atoms with E-state index >= 15 is 0 Å². The van der Waals surface area contributed by atoms with E-state index in [1.54, 1.807) is 0 Å². The first-order chi connectivity index (χ1) is 13.3. The molecule has 5 atom stereocenters. The Morgan fingerprint density at radius 1 is 1.26 bits per heavy atom. The van der Waals surface area contributed by atoms with Gasteiger partial charge in [0, 0.05) is 0 Å². The molecule has 0 radical (unpaired) electrons. The summed E-state index contributed by atoms with van der Waals surface area (Å²) in [6, 6.07) is 0. The molecule has 15 nitrogen and oxygen atoms in total. The standard InChI is InChI=1S/C10H15N5O10P2/c11-8-5-9(13-2-12-8)15(3-14-5)10-7(17)6(16)4(24-10)1-23-27(21,22)25-26(18,19)20/h2-4,6-7,10,16-17H,1H2,(H,21,22)(H2,11,12,13)(H2,18,19,20)/t4-,6-,7-,10-/m1/s1/i2D,3D. The molecule has 17 heteroatoms. The summed E-state index contributed by atoms with van der Waals surface area (Å²) in [5.74, 6) is -0.198. The number of imidazole rings is 1. The number of hydrogen-bond donors (Lipinski definition) is 6. The number of ether oxygens (including phenoxy) is 1. The number of nitrogens with zero attached hydrogens (tertiary/aromatic N) is 4. The van der Waals surface area contributed by atoms with Crippen LogP contribution in [0.15, 0.2) is 12.6 Å². The Morgan fingerprint density at radius 3 is 2.63 bits per heavy atom. The van der Waals surface area contributed by atoms with Crippen molar-refractivity contribution in [2.45, 2.75) is 24.5 Å². The van der Waals surface area contributed by atoms with Gasteiger partial charge >= 0.3 is 15.6 Å². The van der Waals surface area contributed by atoms with E-state index < -0.39 is 59.4 Å². The predicted molar refractivity (Wildman–Crippen MR) is 84.6 cm³/mol. The molecular weight excluding hydrogens is 412 g/mol. The number of phosphoric acid groups is 2. The van der Waals surface area contributed by atoms with Crippen LogP contribution in [0.1, 0.15) is 8.97 Å². The van der Waals surface area contributed by atoms with Crippen LogP contribution in [0, 0.1) is 0 Å². The maximum atomic E-state index is 11.5. The van der Waals surface area contributed by atoms with Gasteiger partial charge in [-0.15, -0.1) is 0 Å². The topological polar surface area (TPSA) is 233 Å². The van der Waals surface area contributed by atoms with Crippen LogP contribution in [0.4, 0.5) is 5.82 Å². The van der Waals surface area contributed by atoms with Crippen molar-refractivity contribution in [2.75, 3.05) is 12.3 Å².